The summed E-state index contributed by atoms with van der Waals surface area (Å²) in [6.07, 6.45) is 19.1. The predicted molar refractivity (Wildman–Crippen MR) is 325 cm³/mol. The highest BCUT2D eigenvalue weighted by Gasteiger charge is 2.32. The average Bonchev–Trinajstić information content (AvgIpc) is 4.16. The average molecular weight is 1140 g/mol. The maximum atomic E-state index is 12.9. The monoisotopic (exact) mass is 1140 g/mol. The molecule has 4 heterocycles. The summed E-state index contributed by atoms with van der Waals surface area (Å²) in [5.41, 5.74) is 8.85. The van der Waals surface area contributed by atoms with E-state index in [9.17, 15) is 19.2 Å². The van der Waals surface area contributed by atoms with Crippen molar-refractivity contribution in [3.63, 3.8) is 0 Å². The number of carboxylic acid groups (broad SMARTS) is 1. The van der Waals surface area contributed by atoms with Crippen LogP contribution in [0, 0.1) is 25.7 Å². The zero-order chi connectivity index (χ0) is 59.0. The lowest BCUT2D eigenvalue weighted by Crippen LogP contribution is -2.29. The first-order valence-corrected chi connectivity index (χ1v) is 29.5. The Labute approximate surface area is 491 Å². The third-order valence-electron chi connectivity index (χ3n) is 16.2. The van der Waals surface area contributed by atoms with Gasteiger partial charge in [0.25, 0.3) is 11.8 Å². The highest BCUT2D eigenvalue weighted by atomic mass is 16.5. The number of aryl methyl sites for hydroxylation is 2. The van der Waals surface area contributed by atoms with Gasteiger partial charge >= 0.3 is 11.9 Å². The molecule has 16 nitrogen and oxygen atoms in total. The SMILES string of the molecule is CCOC(=O)CCN(C)C(=O)c1ccc(NC(c2oc3ccc(OCc4cccnc4)cc3c2C)C2CCCCC2)cc1.Cc1c(C(Nc2ccc(C(=O)N(C)CCC(=O)O)cc2)C2CCCCC2)oc2ccc(OCc3cccnc3)cc12. The van der Waals surface area contributed by atoms with Crippen molar-refractivity contribution < 1.29 is 47.3 Å². The lowest BCUT2D eigenvalue weighted by atomic mass is 9.82. The van der Waals surface area contributed by atoms with Crippen molar-refractivity contribution in [2.75, 3.05) is 44.4 Å². The van der Waals surface area contributed by atoms with E-state index in [1.165, 1.54) is 43.4 Å². The first kappa shape index (κ1) is 59.9. The Bertz CT molecular complexity index is 3440. The van der Waals surface area contributed by atoms with E-state index in [1.54, 1.807) is 56.6 Å². The van der Waals surface area contributed by atoms with Gasteiger partial charge in [-0.3, -0.25) is 29.1 Å². The van der Waals surface area contributed by atoms with Gasteiger partial charge in [0, 0.05) is 108 Å². The van der Waals surface area contributed by atoms with Crippen LogP contribution in [-0.2, 0) is 27.5 Å². The number of carbonyl (C=O) groups excluding carboxylic acids is 3. The molecule has 2 unspecified atom stereocenters. The van der Waals surface area contributed by atoms with Crippen LogP contribution in [0.3, 0.4) is 0 Å². The van der Waals surface area contributed by atoms with Crippen molar-refractivity contribution >= 4 is 57.1 Å². The molecule has 2 saturated carbocycles. The second-order valence-electron chi connectivity index (χ2n) is 22.1. The number of esters is 1. The summed E-state index contributed by atoms with van der Waals surface area (Å²) < 4.78 is 30.1. The molecule has 2 fully saturated rings. The number of aromatic nitrogens is 2. The standard InChI is InChI=1S/C35H41N3O5.C33H37N3O5/c1-4-41-32(39)18-20-38(3)35(40)27-12-14-28(15-13-27)37-33(26-10-6-5-7-11-26)34-24(2)30-21-29(16-17-31(30)43-34)42-23-25-9-8-19-36-22-25;1-22-28-19-27(40-21-23-7-6-17-34-20-23)14-15-29(28)41-32(22)31(24-8-4-3-5-9-24)35-26-12-10-25(11-13-26)33(39)36(2)18-16-30(37)38/h8-9,12-17,19,21-22,26,33,37H,4-7,10-11,18,20,23H2,1-3H3;6-7,10-15,17,19-20,24,31,35H,3-5,8-9,16,18,21H2,1-2H3,(H,37,38). The second kappa shape index (κ2) is 29.0. The van der Waals surface area contributed by atoms with E-state index in [4.69, 9.17) is 28.2 Å². The number of hydrogen-bond donors (Lipinski definition) is 3. The summed E-state index contributed by atoms with van der Waals surface area (Å²) in [6, 6.07) is 34.7. The van der Waals surface area contributed by atoms with Gasteiger partial charge in [0.2, 0.25) is 0 Å². The zero-order valence-corrected chi connectivity index (χ0v) is 48.9. The van der Waals surface area contributed by atoms with Crippen LogP contribution in [0.15, 0.2) is 143 Å². The van der Waals surface area contributed by atoms with Gasteiger partial charge in [-0.05, 0) is 155 Å². The number of aliphatic carboxylic acids is 1. The van der Waals surface area contributed by atoms with Crippen LogP contribution >= 0.6 is 0 Å². The molecule has 2 atom stereocenters. The number of carbonyl (C=O) groups is 4. The number of fused-ring (bicyclic) bond motifs is 2. The molecule has 16 heteroatoms. The third-order valence-corrected chi connectivity index (χ3v) is 16.2. The predicted octanol–water partition coefficient (Wildman–Crippen LogP) is 14.5. The molecule has 0 aliphatic heterocycles. The van der Waals surface area contributed by atoms with E-state index in [2.05, 4.69) is 40.5 Å². The number of nitrogens with one attached hydrogen (secondary N) is 2. The first-order valence-electron chi connectivity index (χ1n) is 29.5. The van der Waals surface area contributed by atoms with Crippen LogP contribution < -0.4 is 20.1 Å². The quantitative estimate of drug-likeness (QED) is 0.0511. The normalized spacial score (nSPS) is 14.4. The van der Waals surface area contributed by atoms with Gasteiger partial charge in [-0.15, -0.1) is 0 Å². The molecule has 2 aliphatic carbocycles. The summed E-state index contributed by atoms with van der Waals surface area (Å²) in [7, 11) is 3.32. The van der Waals surface area contributed by atoms with Crippen LogP contribution in [0.2, 0.25) is 0 Å². The largest absolute Gasteiger partial charge is 0.489 e. The maximum Gasteiger partial charge on any atom is 0.307 e. The van der Waals surface area contributed by atoms with E-state index in [0.29, 0.717) is 49.3 Å². The molecular weight excluding hydrogens is 1060 g/mol. The summed E-state index contributed by atoms with van der Waals surface area (Å²) in [6.45, 7) is 7.72. The number of pyridine rings is 2. The fourth-order valence-electron chi connectivity index (χ4n) is 11.4. The maximum absolute atomic E-state index is 12.9. The van der Waals surface area contributed by atoms with Gasteiger partial charge in [-0.25, -0.2) is 0 Å². The number of amides is 2. The van der Waals surface area contributed by atoms with Gasteiger partial charge in [0.15, 0.2) is 0 Å². The van der Waals surface area contributed by atoms with E-state index in [0.717, 1.165) is 104 Å². The molecular formula is C68H78N6O10. The topological polar surface area (TPSA) is 199 Å². The van der Waals surface area contributed by atoms with Crippen molar-refractivity contribution in [3.05, 3.63) is 179 Å². The Kier molecular flexibility index (Phi) is 20.7. The Morgan fingerprint density at radius 3 is 1.42 bits per heavy atom. The Morgan fingerprint density at radius 1 is 0.595 bits per heavy atom. The Morgan fingerprint density at radius 2 is 1.02 bits per heavy atom. The smallest absolute Gasteiger partial charge is 0.307 e. The van der Waals surface area contributed by atoms with Gasteiger partial charge < -0.3 is 48.6 Å². The minimum Gasteiger partial charge on any atom is -0.489 e. The summed E-state index contributed by atoms with van der Waals surface area (Å²) in [5, 5.41) is 18.5. The summed E-state index contributed by atoms with van der Waals surface area (Å²) >= 11 is 0. The number of benzene rings is 4. The van der Waals surface area contributed by atoms with Crippen molar-refractivity contribution in [1.29, 1.82) is 0 Å². The van der Waals surface area contributed by atoms with Crippen LogP contribution in [0.5, 0.6) is 11.5 Å². The molecule has 440 valence electrons. The van der Waals surface area contributed by atoms with Crippen LogP contribution in [0.25, 0.3) is 21.9 Å². The van der Waals surface area contributed by atoms with Gasteiger partial charge in [0.05, 0.1) is 31.5 Å². The summed E-state index contributed by atoms with van der Waals surface area (Å²) in [4.78, 5) is 59.6. The van der Waals surface area contributed by atoms with E-state index < -0.39 is 5.97 Å². The number of nitrogens with zero attached hydrogens (tertiary/aromatic N) is 4. The lowest BCUT2D eigenvalue weighted by Gasteiger charge is -2.31. The molecule has 4 aromatic heterocycles. The molecule has 4 aromatic carbocycles. The Balaban J connectivity index is 0.000000202. The van der Waals surface area contributed by atoms with E-state index >= 15 is 0 Å². The molecule has 8 aromatic rings. The Hall–Kier alpha value is -8.66. The molecule has 84 heavy (non-hydrogen) atoms. The van der Waals surface area contributed by atoms with Crippen LogP contribution in [0.1, 0.15) is 151 Å². The van der Waals surface area contributed by atoms with Crippen molar-refractivity contribution in [2.24, 2.45) is 11.8 Å². The minimum absolute atomic E-state index is 0.00117. The third kappa shape index (κ3) is 15.7. The molecule has 3 N–H and O–H groups in total. The highest BCUT2D eigenvalue weighted by Crippen LogP contribution is 2.43. The fourth-order valence-corrected chi connectivity index (χ4v) is 11.4. The molecule has 0 radical (unpaired) electrons. The fraction of sp³-hybridized carbons (Fsp3) is 0.382. The number of ether oxygens (including phenoxy) is 3. The van der Waals surface area contributed by atoms with Gasteiger partial charge in [-0.1, -0.05) is 50.7 Å². The van der Waals surface area contributed by atoms with E-state index in [-0.39, 0.29) is 49.3 Å². The molecule has 0 spiro atoms. The number of rotatable bonds is 23. The number of hydrogen-bond acceptors (Lipinski definition) is 13. The van der Waals surface area contributed by atoms with Gasteiger partial charge in [0.1, 0.15) is 47.4 Å². The minimum atomic E-state index is -0.924. The van der Waals surface area contributed by atoms with Crippen molar-refractivity contribution in [1.82, 2.24) is 19.8 Å². The number of anilines is 2. The number of furan rings is 2. The second-order valence-corrected chi connectivity index (χ2v) is 22.1. The molecule has 0 bridgehead atoms. The summed E-state index contributed by atoms with van der Waals surface area (Å²) in [5.74, 6) is 2.77. The molecule has 10 rings (SSSR count). The lowest BCUT2D eigenvalue weighted by molar-refractivity contribution is -0.143. The highest BCUT2D eigenvalue weighted by molar-refractivity contribution is 5.95. The molecule has 0 saturated heterocycles. The zero-order valence-electron chi connectivity index (χ0n) is 48.9. The molecule has 2 aliphatic rings. The van der Waals surface area contributed by atoms with Crippen molar-refractivity contribution in [2.45, 2.75) is 123 Å². The van der Waals surface area contributed by atoms with E-state index in [1.807, 2.05) is 97.2 Å². The van der Waals surface area contributed by atoms with Crippen LogP contribution in [0.4, 0.5) is 11.4 Å². The number of carboxylic acids is 1. The van der Waals surface area contributed by atoms with Gasteiger partial charge in [-0.2, -0.15) is 0 Å². The first-order chi connectivity index (χ1) is 40.8. The van der Waals surface area contributed by atoms with Crippen LogP contribution in [-0.4, -0.2) is 82.4 Å². The molecule has 2 amide bonds. The van der Waals surface area contributed by atoms with Crippen molar-refractivity contribution in [3.8, 4) is 11.5 Å².